The molecule has 0 saturated heterocycles. The molecule has 0 nitrogen and oxygen atoms in total. The topological polar surface area (TPSA) is 0 Å². The fourth-order valence-electron chi connectivity index (χ4n) is 1.67. The van der Waals surface area contributed by atoms with Crippen molar-refractivity contribution in [2.24, 2.45) is 0 Å². The molecule has 110 valence electrons. The largest absolute Gasteiger partial charge is 0.0835 e. The van der Waals surface area contributed by atoms with Crippen molar-refractivity contribution < 1.29 is 0 Å². The van der Waals surface area contributed by atoms with Gasteiger partial charge in [0.2, 0.25) is 0 Å². The van der Waals surface area contributed by atoms with E-state index >= 15 is 0 Å². The smallest absolute Gasteiger partial charge is 0.0720 e. The summed E-state index contributed by atoms with van der Waals surface area (Å²) in [6, 6.07) is 8.91. The summed E-state index contributed by atoms with van der Waals surface area (Å²) in [6.07, 6.45) is 4.74. The lowest BCUT2D eigenvalue weighted by Crippen LogP contribution is -2.21. The van der Waals surface area contributed by atoms with Crippen LogP contribution in [0.2, 0.25) is 39.3 Å². The summed E-state index contributed by atoms with van der Waals surface area (Å²) in [4.78, 5) is 0. The zero-order valence-electron chi connectivity index (χ0n) is 14.5. The molecule has 0 aromatic heterocycles. The summed E-state index contributed by atoms with van der Waals surface area (Å²) < 4.78 is 0. The molecule has 0 heterocycles. The van der Waals surface area contributed by atoms with Crippen LogP contribution >= 0.6 is 0 Å². The SMILES string of the molecule is C/C(=C\c1cccc(/C=C(\C)[Si](C)(C)C)c1)[Si](C)(C)C. The van der Waals surface area contributed by atoms with E-state index in [1.54, 1.807) is 10.4 Å². The standard InChI is InChI=1S/C18H30Si2/c1-15(19(3,4)5)12-17-10-9-11-18(14-17)13-16(2)20(6,7)8/h9-14H,1-8H3/b15-12+,16-13+. The lowest BCUT2D eigenvalue weighted by atomic mass is 10.1. The average molecular weight is 303 g/mol. The summed E-state index contributed by atoms with van der Waals surface area (Å²) in [5.41, 5.74) is 2.67. The normalized spacial score (nSPS) is 14.6. The molecule has 1 aromatic rings. The van der Waals surface area contributed by atoms with Crippen LogP contribution in [-0.4, -0.2) is 16.1 Å². The molecule has 20 heavy (non-hydrogen) atoms. The van der Waals surface area contributed by atoms with Crippen molar-refractivity contribution in [2.45, 2.75) is 53.1 Å². The van der Waals surface area contributed by atoms with E-state index in [1.807, 2.05) is 0 Å². The van der Waals surface area contributed by atoms with Gasteiger partial charge in [0, 0.05) is 0 Å². The van der Waals surface area contributed by atoms with Crippen LogP contribution in [0.1, 0.15) is 25.0 Å². The third-order valence-electron chi connectivity index (χ3n) is 4.04. The van der Waals surface area contributed by atoms with Gasteiger partial charge in [0.15, 0.2) is 0 Å². The highest BCUT2D eigenvalue weighted by molar-refractivity contribution is 6.84. The van der Waals surface area contributed by atoms with Crippen molar-refractivity contribution in [1.29, 1.82) is 0 Å². The lowest BCUT2D eigenvalue weighted by molar-refractivity contribution is 1.52. The molecular weight excluding hydrogens is 272 g/mol. The first-order valence-corrected chi connectivity index (χ1v) is 14.5. The van der Waals surface area contributed by atoms with Gasteiger partial charge in [-0.3, -0.25) is 0 Å². The van der Waals surface area contributed by atoms with Crippen LogP contribution in [0.4, 0.5) is 0 Å². The van der Waals surface area contributed by atoms with Crippen LogP contribution in [0.5, 0.6) is 0 Å². The third kappa shape index (κ3) is 5.25. The second kappa shape index (κ2) is 6.27. The van der Waals surface area contributed by atoms with Gasteiger partial charge in [-0.2, -0.15) is 0 Å². The van der Waals surface area contributed by atoms with E-state index in [9.17, 15) is 0 Å². The minimum Gasteiger partial charge on any atom is -0.0835 e. The van der Waals surface area contributed by atoms with Crippen LogP contribution in [0.25, 0.3) is 12.2 Å². The molecule has 0 bridgehead atoms. The van der Waals surface area contributed by atoms with Crippen LogP contribution < -0.4 is 0 Å². The lowest BCUT2D eigenvalue weighted by Gasteiger charge is -2.18. The first kappa shape index (κ1) is 17.2. The monoisotopic (exact) mass is 302 g/mol. The first-order valence-electron chi connectivity index (χ1n) is 7.48. The summed E-state index contributed by atoms with van der Waals surface area (Å²) >= 11 is 0. The average Bonchev–Trinajstić information content (AvgIpc) is 2.26. The van der Waals surface area contributed by atoms with Gasteiger partial charge < -0.3 is 0 Å². The number of hydrogen-bond donors (Lipinski definition) is 0. The number of rotatable bonds is 4. The van der Waals surface area contributed by atoms with Gasteiger partial charge in [-0.25, -0.2) is 0 Å². The van der Waals surface area contributed by atoms with E-state index in [4.69, 9.17) is 0 Å². The Labute approximate surface area is 127 Å². The van der Waals surface area contributed by atoms with Gasteiger partial charge in [0.1, 0.15) is 0 Å². The molecule has 0 aliphatic heterocycles. The van der Waals surface area contributed by atoms with Crippen LogP contribution in [-0.2, 0) is 0 Å². The second-order valence-corrected chi connectivity index (χ2v) is 18.4. The van der Waals surface area contributed by atoms with Gasteiger partial charge in [-0.1, -0.05) is 80.0 Å². The Morgan fingerprint density at radius 1 is 0.750 bits per heavy atom. The molecule has 0 radical (unpaired) electrons. The molecule has 0 unspecified atom stereocenters. The minimum atomic E-state index is -1.17. The zero-order chi connectivity index (χ0) is 15.6. The molecule has 0 spiro atoms. The molecule has 0 fully saturated rings. The highest BCUT2D eigenvalue weighted by atomic mass is 28.3. The number of hydrogen-bond acceptors (Lipinski definition) is 0. The fraction of sp³-hybridized carbons (Fsp3) is 0.444. The molecule has 0 aliphatic rings. The summed E-state index contributed by atoms with van der Waals surface area (Å²) in [6.45, 7) is 19.0. The third-order valence-corrected chi connectivity index (χ3v) is 9.06. The molecule has 0 aliphatic carbocycles. The minimum absolute atomic E-state index is 1.17. The van der Waals surface area contributed by atoms with Crippen LogP contribution in [0, 0.1) is 0 Å². The quantitative estimate of drug-likeness (QED) is 0.577. The van der Waals surface area contributed by atoms with Gasteiger partial charge in [0.25, 0.3) is 0 Å². The molecule has 1 rings (SSSR count). The Bertz CT molecular complexity index is 478. The zero-order valence-corrected chi connectivity index (χ0v) is 16.5. The Morgan fingerprint density at radius 2 is 1.10 bits per heavy atom. The molecule has 0 amide bonds. The predicted octanol–water partition coefficient (Wildman–Crippen LogP) is 6.25. The van der Waals surface area contributed by atoms with Crippen LogP contribution in [0.15, 0.2) is 34.7 Å². The summed E-state index contributed by atoms with van der Waals surface area (Å²) in [5.74, 6) is 0. The van der Waals surface area contributed by atoms with Gasteiger partial charge in [0.05, 0.1) is 16.1 Å². The molecule has 2 heteroatoms. The highest BCUT2D eigenvalue weighted by Gasteiger charge is 2.16. The van der Waals surface area contributed by atoms with Crippen molar-refractivity contribution in [2.75, 3.05) is 0 Å². The maximum Gasteiger partial charge on any atom is 0.0720 e. The highest BCUT2D eigenvalue weighted by Crippen LogP contribution is 2.21. The van der Waals surface area contributed by atoms with E-state index in [2.05, 4.69) is 89.5 Å². The van der Waals surface area contributed by atoms with Gasteiger partial charge in [-0.05, 0) is 31.0 Å². The Balaban J connectivity index is 3.10. The molecule has 0 saturated carbocycles. The van der Waals surface area contributed by atoms with Crippen molar-refractivity contribution >= 4 is 28.3 Å². The number of allylic oxidation sites excluding steroid dienone is 2. The van der Waals surface area contributed by atoms with Crippen molar-refractivity contribution in [3.8, 4) is 0 Å². The summed E-state index contributed by atoms with van der Waals surface area (Å²) in [5, 5.41) is 3.11. The van der Waals surface area contributed by atoms with Crippen molar-refractivity contribution in [1.82, 2.24) is 0 Å². The predicted molar refractivity (Wildman–Crippen MR) is 100 cm³/mol. The second-order valence-electron chi connectivity index (χ2n) is 7.82. The van der Waals surface area contributed by atoms with E-state index < -0.39 is 16.1 Å². The van der Waals surface area contributed by atoms with Crippen molar-refractivity contribution in [3.63, 3.8) is 0 Å². The van der Waals surface area contributed by atoms with E-state index in [-0.39, 0.29) is 0 Å². The Kier molecular flexibility index (Phi) is 5.39. The maximum atomic E-state index is 2.40. The molecule has 1 aromatic carbocycles. The van der Waals surface area contributed by atoms with E-state index in [1.165, 1.54) is 11.1 Å². The van der Waals surface area contributed by atoms with Crippen molar-refractivity contribution in [3.05, 3.63) is 45.8 Å². The van der Waals surface area contributed by atoms with Gasteiger partial charge >= 0.3 is 0 Å². The Morgan fingerprint density at radius 3 is 1.40 bits per heavy atom. The maximum absolute atomic E-state index is 2.40. The molecule has 0 N–H and O–H groups in total. The molecule has 0 atom stereocenters. The summed E-state index contributed by atoms with van der Waals surface area (Å²) in [7, 11) is -2.34. The van der Waals surface area contributed by atoms with Gasteiger partial charge in [-0.15, -0.1) is 0 Å². The first-order chi connectivity index (χ1) is 9.00. The number of benzene rings is 1. The Hall–Kier alpha value is -0.866. The fourth-order valence-corrected chi connectivity index (χ4v) is 2.87. The van der Waals surface area contributed by atoms with E-state index in [0.717, 1.165) is 0 Å². The van der Waals surface area contributed by atoms with E-state index in [0.29, 0.717) is 0 Å². The van der Waals surface area contributed by atoms with Crippen LogP contribution in [0.3, 0.4) is 0 Å². The molecular formula is C18H30Si2.